The molecular weight excluding hydrogens is 402 g/mol. The molecule has 4 fully saturated rings. The lowest BCUT2D eigenvalue weighted by Crippen LogP contribution is -2.63. The third-order valence-electron chi connectivity index (χ3n) is 8.91. The number of ether oxygens (including phenoxy) is 1. The minimum atomic E-state index is 0.285. The van der Waals surface area contributed by atoms with Crippen LogP contribution >= 0.6 is 0 Å². The second-order valence-corrected chi connectivity index (χ2v) is 12.2. The highest BCUT2D eigenvalue weighted by Gasteiger charge is 2.59. The average Bonchev–Trinajstić information content (AvgIpc) is 2.75. The summed E-state index contributed by atoms with van der Waals surface area (Å²) < 4.78 is 6.48. The van der Waals surface area contributed by atoms with Crippen molar-refractivity contribution < 1.29 is 4.74 Å². The van der Waals surface area contributed by atoms with Gasteiger partial charge in [-0.2, -0.15) is 0 Å². The number of benzene rings is 3. The third kappa shape index (κ3) is 3.87. The van der Waals surface area contributed by atoms with Gasteiger partial charge in [-0.1, -0.05) is 68.4 Å². The molecule has 4 atom stereocenters. The molecule has 3 aromatic carbocycles. The van der Waals surface area contributed by atoms with Gasteiger partial charge in [-0.05, 0) is 90.2 Å². The fourth-order valence-electron chi connectivity index (χ4n) is 8.48. The van der Waals surface area contributed by atoms with Crippen LogP contribution in [0.2, 0.25) is 0 Å². The summed E-state index contributed by atoms with van der Waals surface area (Å²) in [6, 6.07) is 21.7. The number of aryl methyl sites for hydroxylation is 1. The van der Waals surface area contributed by atoms with E-state index in [-0.39, 0.29) is 5.54 Å². The highest BCUT2D eigenvalue weighted by atomic mass is 16.5. The van der Waals surface area contributed by atoms with Crippen molar-refractivity contribution in [2.24, 2.45) is 16.7 Å². The van der Waals surface area contributed by atoms with Gasteiger partial charge in [0.1, 0.15) is 12.4 Å². The quantitative estimate of drug-likeness (QED) is 0.428. The van der Waals surface area contributed by atoms with Crippen LogP contribution < -0.4 is 10.1 Å². The highest BCUT2D eigenvalue weighted by Crippen LogP contribution is 2.66. The van der Waals surface area contributed by atoms with E-state index in [1.807, 2.05) is 0 Å². The van der Waals surface area contributed by atoms with Crippen LogP contribution in [0, 0.1) is 23.7 Å². The van der Waals surface area contributed by atoms with Gasteiger partial charge < -0.3 is 10.1 Å². The summed E-state index contributed by atoms with van der Waals surface area (Å²) in [7, 11) is 0. The second kappa shape index (κ2) is 7.60. The Morgan fingerprint density at radius 3 is 2.33 bits per heavy atom. The normalized spacial score (nSPS) is 32.4. The van der Waals surface area contributed by atoms with Crippen LogP contribution in [0.5, 0.6) is 5.75 Å². The van der Waals surface area contributed by atoms with Crippen molar-refractivity contribution in [1.29, 1.82) is 0 Å². The van der Waals surface area contributed by atoms with Gasteiger partial charge in [0.25, 0.3) is 0 Å². The van der Waals surface area contributed by atoms with Crippen LogP contribution in [0.3, 0.4) is 0 Å². The fourth-order valence-corrected chi connectivity index (χ4v) is 8.48. The average molecular weight is 440 g/mol. The van der Waals surface area contributed by atoms with Crippen LogP contribution in [0.15, 0.2) is 60.7 Å². The molecule has 0 saturated heterocycles. The van der Waals surface area contributed by atoms with Gasteiger partial charge in [-0.15, -0.1) is 0 Å². The fraction of sp³-hybridized carbons (Fsp3) is 0.484. The zero-order valence-electron chi connectivity index (χ0n) is 20.4. The molecular formula is C31H37NO. The van der Waals surface area contributed by atoms with Crippen LogP contribution in [0.25, 0.3) is 10.8 Å². The van der Waals surface area contributed by atoms with Gasteiger partial charge in [0.05, 0.1) is 0 Å². The molecule has 0 amide bonds. The van der Waals surface area contributed by atoms with Gasteiger partial charge in [-0.25, -0.2) is 0 Å². The van der Waals surface area contributed by atoms with E-state index in [0.29, 0.717) is 17.4 Å². The molecule has 0 heterocycles. The first-order chi connectivity index (χ1) is 15.8. The molecule has 2 nitrogen and oxygen atoms in total. The van der Waals surface area contributed by atoms with Crippen LogP contribution in [-0.2, 0) is 13.2 Å². The molecule has 4 aliphatic carbocycles. The molecule has 0 aromatic heterocycles. The molecule has 4 bridgehead atoms. The van der Waals surface area contributed by atoms with E-state index in [2.05, 4.69) is 86.8 Å². The van der Waals surface area contributed by atoms with Crippen molar-refractivity contribution in [1.82, 2.24) is 5.32 Å². The largest absolute Gasteiger partial charge is 0.489 e. The van der Waals surface area contributed by atoms with Crippen molar-refractivity contribution in [3.8, 4) is 5.75 Å². The first-order valence-electron chi connectivity index (χ1n) is 12.8. The zero-order valence-corrected chi connectivity index (χ0v) is 20.4. The lowest BCUT2D eigenvalue weighted by atomic mass is 9.43. The summed E-state index contributed by atoms with van der Waals surface area (Å²) in [6.45, 7) is 8.77. The lowest BCUT2D eigenvalue weighted by molar-refractivity contribution is -0.118. The van der Waals surface area contributed by atoms with E-state index in [1.165, 1.54) is 66.0 Å². The zero-order chi connectivity index (χ0) is 22.7. The van der Waals surface area contributed by atoms with Gasteiger partial charge in [0, 0.05) is 17.6 Å². The smallest absolute Gasteiger partial charge is 0.124 e. The van der Waals surface area contributed by atoms with Crippen molar-refractivity contribution in [3.63, 3.8) is 0 Å². The molecule has 3 aromatic rings. The summed E-state index contributed by atoms with van der Waals surface area (Å²) in [5.74, 6) is 1.92. The molecule has 0 spiro atoms. The maximum absolute atomic E-state index is 6.48. The molecule has 172 valence electrons. The molecule has 4 saturated carbocycles. The molecule has 1 N–H and O–H groups in total. The van der Waals surface area contributed by atoms with Gasteiger partial charge in [-0.3, -0.25) is 0 Å². The summed E-state index contributed by atoms with van der Waals surface area (Å²) in [5, 5.41) is 6.76. The van der Waals surface area contributed by atoms with Crippen molar-refractivity contribution >= 4 is 10.8 Å². The monoisotopic (exact) mass is 439 g/mol. The third-order valence-corrected chi connectivity index (χ3v) is 8.91. The Bertz CT molecular complexity index is 1180. The van der Waals surface area contributed by atoms with Crippen LogP contribution in [0.1, 0.15) is 69.1 Å². The predicted octanol–water partition coefficient (Wildman–Crippen LogP) is 7.57. The number of fused-ring (bicyclic) bond motifs is 1. The number of nitrogens with one attached hydrogen (secondary N) is 1. The predicted molar refractivity (Wildman–Crippen MR) is 136 cm³/mol. The molecule has 7 rings (SSSR count). The summed E-state index contributed by atoms with van der Waals surface area (Å²) in [5.41, 5.74) is 5.17. The Hall–Kier alpha value is -2.32. The van der Waals surface area contributed by atoms with Crippen molar-refractivity contribution in [3.05, 3.63) is 77.4 Å². The van der Waals surface area contributed by atoms with Gasteiger partial charge in [0.2, 0.25) is 0 Å². The number of hydrogen-bond donors (Lipinski definition) is 1. The summed E-state index contributed by atoms with van der Waals surface area (Å²) in [4.78, 5) is 0. The highest BCUT2D eigenvalue weighted by molar-refractivity contribution is 5.87. The maximum atomic E-state index is 6.48. The van der Waals surface area contributed by atoms with E-state index in [0.717, 1.165) is 18.2 Å². The first-order valence-corrected chi connectivity index (χ1v) is 12.8. The molecule has 4 aliphatic rings. The van der Waals surface area contributed by atoms with Crippen molar-refractivity contribution in [2.45, 2.75) is 78.0 Å². The Labute approximate surface area is 198 Å². The Morgan fingerprint density at radius 2 is 1.58 bits per heavy atom. The van der Waals surface area contributed by atoms with E-state index < -0.39 is 0 Å². The Morgan fingerprint density at radius 1 is 0.848 bits per heavy atom. The first kappa shape index (κ1) is 21.2. The topological polar surface area (TPSA) is 21.3 Å². The van der Waals surface area contributed by atoms with E-state index in [4.69, 9.17) is 4.74 Å². The molecule has 2 heteroatoms. The SMILES string of the molecule is Cc1ccccc1COc1ccc2ccccc2c1CNC12CC3C[C@@](C)(C1)C[C@](C)(C3)C2. The Balaban J connectivity index is 1.30. The molecule has 2 unspecified atom stereocenters. The van der Waals surface area contributed by atoms with Crippen LogP contribution in [0.4, 0.5) is 0 Å². The molecule has 33 heavy (non-hydrogen) atoms. The maximum Gasteiger partial charge on any atom is 0.124 e. The lowest BCUT2D eigenvalue weighted by Gasteiger charge is -2.65. The van der Waals surface area contributed by atoms with E-state index in [9.17, 15) is 0 Å². The standard InChI is InChI=1S/C31H37NO/c1-22-8-4-5-10-25(22)18-33-28-13-12-24-9-6-7-11-26(24)27(28)17-32-31-16-23-14-29(2,20-31)19-30(3,15-23)21-31/h4-13,23,32H,14-21H2,1-3H3/t23?,29-,30+,31?. The second-order valence-electron chi connectivity index (χ2n) is 12.2. The van der Waals surface area contributed by atoms with Gasteiger partial charge in [0.15, 0.2) is 0 Å². The van der Waals surface area contributed by atoms with E-state index >= 15 is 0 Å². The van der Waals surface area contributed by atoms with Crippen LogP contribution in [-0.4, -0.2) is 5.54 Å². The summed E-state index contributed by atoms with van der Waals surface area (Å²) >= 11 is 0. The summed E-state index contributed by atoms with van der Waals surface area (Å²) in [6.07, 6.45) is 8.30. The number of hydrogen-bond acceptors (Lipinski definition) is 2. The van der Waals surface area contributed by atoms with Gasteiger partial charge >= 0.3 is 0 Å². The van der Waals surface area contributed by atoms with E-state index in [1.54, 1.807) is 0 Å². The number of rotatable bonds is 6. The molecule has 0 aliphatic heterocycles. The minimum Gasteiger partial charge on any atom is -0.489 e. The Kier molecular flexibility index (Phi) is 4.89. The minimum absolute atomic E-state index is 0.285. The van der Waals surface area contributed by atoms with Crippen molar-refractivity contribution in [2.75, 3.05) is 0 Å². The molecule has 0 radical (unpaired) electrons.